The number of benzene rings is 1. The Morgan fingerprint density at radius 3 is 2.67 bits per heavy atom. The van der Waals surface area contributed by atoms with Crippen LogP contribution in [0.15, 0.2) is 17.0 Å². The van der Waals surface area contributed by atoms with Crippen LogP contribution in [-0.4, -0.2) is 35.7 Å². The van der Waals surface area contributed by atoms with Gasteiger partial charge in [0.05, 0.1) is 10.6 Å². The van der Waals surface area contributed by atoms with Gasteiger partial charge in [0.15, 0.2) is 0 Å². The van der Waals surface area contributed by atoms with E-state index in [-0.39, 0.29) is 11.4 Å². The fourth-order valence-electron chi connectivity index (χ4n) is 2.37. The summed E-state index contributed by atoms with van der Waals surface area (Å²) in [6, 6.07) is 3.30. The molecule has 2 rings (SSSR count). The van der Waals surface area contributed by atoms with Crippen molar-refractivity contribution < 1.29 is 16.8 Å². The van der Waals surface area contributed by atoms with Gasteiger partial charge in [0.2, 0.25) is 20.0 Å². The molecule has 9 heteroatoms. The highest BCUT2D eigenvalue weighted by atomic mass is 32.2. The summed E-state index contributed by atoms with van der Waals surface area (Å²) in [4.78, 5) is 0.199. The van der Waals surface area contributed by atoms with Crippen LogP contribution in [0.2, 0.25) is 0 Å². The molecule has 0 fully saturated rings. The summed E-state index contributed by atoms with van der Waals surface area (Å²) in [5, 5.41) is 8.08. The topological polar surface area (TPSA) is 118 Å². The van der Waals surface area contributed by atoms with E-state index in [1.54, 1.807) is 12.1 Å². The number of fused-ring (bicyclic) bond motifs is 1. The Morgan fingerprint density at radius 1 is 1.29 bits per heavy atom. The average Bonchev–Trinajstić information content (AvgIpc) is 2.37. The highest BCUT2D eigenvalue weighted by Crippen LogP contribution is 2.31. The zero-order valence-corrected chi connectivity index (χ0v) is 13.4. The Kier molecular flexibility index (Phi) is 4.57. The van der Waals surface area contributed by atoms with Crippen LogP contribution in [-0.2, 0) is 26.5 Å². The van der Waals surface area contributed by atoms with Crippen LogP contribution < -0.4 is 15.2 Å². The third kappa shape index (κ3) is 3.94. The van der Waals surface area contributed by atoms with Gasteiger partial charge in [-0.2, -0.15) is 0 Å². The van der Waals surface area contributed by atoms with Crippen molar-refractivity contribution in [3.63, 3.8) is 0 Å². The molecule has 1 heterocycles. The number of rotatable bonds is 5. The van der Waals surface area contributed by atoms with Crippen LogP contribution in [0.5, 0.6) is 0 Å². The standard InChI is InChI=1S/C12H19N3O4S2/c1-9-4-5-11(10-3-2-6-14-12(9)10)21(18,19)15-7-8-20(13,16)17/h4-5,14-15H,2-3,6-8H2,1H3,(H2,13,16,17). The maximum atomic E-state index is 12.3. The van der Waals surface area contributed by atoms with Crippen LogP contribution in [0.3, 0.4) is 0 Å². The van der Waals surface area contributed by atoms with E-state index < -0.39 is 25.8 Å². The van der Waals surface area contributed by atoms with Crippen molar-refractivity contribution in [2.75, 3.05) is 24.2 Å². The fraction of sp³-hybridized carbons (Fsp3) is 0.500. The predicted molar refractivity (Wildman–Crippen MR) is 81.2 cm³/mol. The molecule has 0 spiro atoms. The van der Waals surface area contributed by atoms with Gasteiger partial charge in [-0.25, -0.2) is 26.7 Å². The second-order valence-corrected chi connectivity index (χ2v) is 8.50. The van der Waals surface area contributed by atoms with E-state index in [1.165, 1.54) is 0 Å². The van der Waals surface area contributed by atoms with E-state index in [0.29, 0.717) is 6.42 Å². The van der Waals surface area contributed by atoms with E-state index >= 15 is 0 Å². The van der Waals surface area contributed by atoms with Crippen LogP contribution >= 0.6 is 0 Å². The van der Waals surface area contributed by atoms with Gasteiger partial charge in [-0.1, -0.05) is 6.07 Å². The molecule has 0 saturated heterocycles. The average molecular weight is 333 g/mol. The van der Waals surface area contributed by atoms with Gasteiger partial charge in [0.1, 0.15) is 0 Å². The normalized spacial score (nSPS) is 15.3. The summed E-state index contributed by atoms with van der Waals surface area (Å²) < 4.78 is 48.7. The van der Waals surface area contributed by atoms with Crippen molar-refractivity contribution in [3.8, 4) is 0 Å². The number of aryl methyl sites for hydroxylation is 1. The molecule has 0 bridgehead atoms. The summed E-state index contributed by atoms with van der Waals surface area (Å²) in [5.74, 6) is -0.432. The minimum absolute atomic E-state index is 0.199. The van der Waals surface area contributed by atoms with E-state index in [1.807, 2.05) is 6.92 Å². The molecule has 0 amide bonds. The van der Waals surface area contributed by atoms with Crippen molar-refractivity contribution in [2.45, 2.75) is 24.7 Å². The third-order valence-electron chi connectivity index (χ3n) is 3.35. The lowest BCUT2D eigenvalue weighted by Crippen LogP contribution is -2.32. The number of nitrogens with two attached hydrogens (primary N) is 1. The minimum Gasteiger partial charge on any atom is -0.385 e. The zero-order valence-electron chi connectivity index (χ0n) is 11.7. The quantitative estimate of drug-likeness (QED) is 0.696. The Hall–Kier alpha value is -1.16. The lowest BCUT2D eigenvalue weighted by molar-refractivity contribution is 0.579. The molecule has 4 N–H and O–H groups in total. The lowest BCUT2D eigenvalue weighted by atomic mass is 10.00. The zero-order chi connectivity index (χ0) is 15.7. The maximum Gasteiger partial charge on any atom is 0.240 e. The van der Waals surface area contributed by atoms with Gasteiger partial charge < -0.3 is 5.32 Å². The Labute approximate surface area is 125 Å². The highest BCUT2D eigenvalue weighted by molar-refractivity contribution is 7.90. The summed E-state index contributed by atoms with van der Waals surface area (Å²) in [7, 11) is -7.44. The molecule has 7 nitrogen and oxygen atoms in total. The molecule has 0 atom stereocenters. The molecule has 21 heavy (non-hydrogen) atoms. The first kappa shape index (κ1) is 16.2. The molecular weight excluding hydrogens is 314 g/mol. The molecule has 1 aromatic rings. The second-order valence-electron chi connectivity index (χ2n) is 5.03. The highest BCUT2D eigenvalue weighted by Gasteiger charge is 2.23. The molecule has 0 radical (unpaired) electrons. The molecular formula is C12H19N3O4S2. The maximum absolute atomic E-state index is 12.3. The lowest BCUT2D eigenvalue weighted by Gasteiger charge is -2.23. The van der Waals surface area contributed by atoms with Crippen LogP contribution in [0.1, 0.15) is 17.5 Å². The van der Waals surface area contributed by atoms with Crippen LogP contribution in [0.4, 0.5) is 5.69 Å². The molecule has 0 aliphatic carbocycles. The number of hydrogen-bond acceptors (Lipinski definition) is 5. The first-order valence-electron chi connectivity index (χ1n) is 6.57. The van der Waals surface area contributed by atoms with Crippen molar-refractivity contribution in [1.82, 2.24) is 4.72 Å². The van der Waals surface area contributed by atoms with Crippen LogP contribution in [0, 0.1) is 6.92 Å². The summed E-state index contributed by atoms with van der Waals surface area (Å²) >= 11 is 0. The van der Waals surface area contributed by atoms with Gasteiger partial charge in [-0.3, -0.25) is 0 Å². The monoisotopic (exact) mass is 333 g/mol. The molecule has 0 saturated carbocycles. The SMILES string of the molecule is Cc1ccc(S(=O)(=O)NCCS(N)(=O)=O)c2c1NCCC2. The Morgan fingerprint density at radius 2 is 2.00 bits per heavy atom. The van der Waals surface area contributed by atoms with Crippen molar-refractivity contribution in [2.24, 2.45) is 5.14 Å². The van der Waals surface area contributed by atoms with E-state index in [0.717, 1.165) is 29.8 Å². The van der Waals surface area contributed by atoms with E-state index in [2.05, 4.69) is 10.0 Å². The number of sulfonamides is 2. The van der Waals surface area contributed by atoms with Crippen molar-refractivity contribution in [3.05, 3.63) is 23.3 Å². The molecule has 1 aliphatic rings. The largest absolute Gasteiger partial charge is 0.385 e. The number of hydrogen-bond donors (Lipinski definition) is 3. The van der Waals surface area contributed by atoms with Gasteiger partial charge >= 0.3 is 0 Å². The predicted octanol–water partition coefficient (Wildman–Crippen LogP) is -0.0801. The Balaban J connectivity index is 2.28. The summed E-state index contributed by atoms with van der Waals surface area (Å²) in [6.07, 6.45) is 1.53. The number of anilines is 1. The molecule has 1 aromatic carbocycles. The molecule has 0 aromatic heterocycles. The van der Waals surface area contributed by atoms with E-state index in [4.69, 9.17) is 5.14 Å². The van der Waals surface area contributed by atoms with Gasteiger partial charge in [0, 0.05) is 18.8 Å². The van der Waals surface area contributed by atoms with Crippen molar-refractivity contribution >= 4 is 25.7 Å². The van der Waals surface area contributed by atoms with Crippen molar-refractivity contribution in [1.29, 1.82) is 0 Å². The number of primary sulfonamides is 1. The number of nitrogens with one attached hydrogen (secondary N) is 2. The second kappa shape index (κ2) is 5.91. The molecule has 1 aliphatic heterocycles. The van der Waals surface area contributed by atoms with Gasteiger partial charge in [0.25, 0.3) is 0 Å². The minimum atomic E-state index is -3.75. The first-order valence-corrected chi connectivity index (χ1v) is 9.77. The Bertz CT molecular complexity index is 742. The van der Waals surface area contributed by atoms with Gasteiger partial charge in [-0.05, 0) is 37.0 Å². The van der Waals surface area contributed by atoms with Gasteiger partial charge in [-0.15, -0.1) is 0 Å². The smallest absolute Gasteiger partial charge is 0.240 e. The van der Waals surface area contributed by atoms with E-state index in [9.17, 15) is 16.8 Å². The third-order valence-corrected chi connectivity index (χ3v) is 5.67. The first-order chi connectivity index (χ1) is 9.71. The van der Waals surface area contributed by atoms with Crippen LogP contribution in [0.25, 0.3) is 0 Å². The summed E-state index contributed by atoms with van der Waals surface area (Å²) in [6.45, 7) is 2.50. The molecule has 118 valence electrons. The molecule has 0 unspecified atom stereocenters. The fourth-order valence-corrected chi connectivity index (χ4v) is 4.18. The summed E-state index contributed by atoms with van der Waals surface area (Å²) in [5.41, 5.74) is 2.60.